The third kappa shape index (κ3) is 2.38. The summed E-state index contributed by atoms with van der Waals surface area (Å²) in [6.07, 6.45) is 2.88. The lowest BCUT2D eigenvalue weighted by atomic mass is 9.98. The molecule has 100 valence electrons. The Kier molecular flexibility index (Phi) is 3.06. The molecule has 0 amide bonds. The summed E-state index contributed by atoms with van der Waals surface area (Å²) >= 11 is 1.08. The highest BCUT2D eigenvalue weighted by Crippen LogP contribution is 2.28. The van der Waals surface area contributed by atoms with Crippen LogP contribution >= 0.6 is 11.3 Å². The summed E-state index contributed by atoms with van der Waals surface area (Å²) in [6.45, 7) is 1.10. The maximum absolute atomic E-state index is 11.2. The van der Waals surface area contributed by atoms with Gasteiger partial charge in [0.1, 0.15) is 0 Å². The summed E-state index contributed by atoms with van der Waals surface area (Å²) in [5, 5.41) is 9.62. The number of aromatic amines is 1. The molecule has 0 saturated carbocycles. The molecule has 2 N–H and O–H groups in total. The van der Waals surface area contributed by atoms with E-state index in [1.54, 1.807) is 0 Å². The Morgan fingerprint density at radius 2 is 2.32 bits per heavy atom. The van der Waals surface area contributed by atoms with Gasteiger partial charge in [-0.1, -0.05) is 23.5 Å². The normalized spacial score (nSPS) is 14.5. The highest BCUT2D eigenvalue weighted by Gasteiger charge is 2.15. The van der Waals surface area contributed by atoms with Crippen molar-refractivity contribution in [1.29, 1.82) is 0 Å². The number of hydrogen-bond acceptors (Lipinski definition) is 4. The lowest BCUT2D eigenvalue weighted by molar-refractivity contribution is 0.451. The quantitative estimate of drug-likeness (QED) is 0.883. The first-order valence-corrected chi connectivity index (χ1v) is 7.19. The van der Waals surface area contributed by atoms with Crippen LogP contribution in [0.25, 0.3) is 0 Å². The summed E-state index contributed by atoms with van der Waals surface area (Å²) in [6, 6.07) is 6.40. The van der Waals surface area contributed by atoms with E-state index in [9.17, 15) is 9.90 Å². The zero-order valence-corrected chi connectivity index (χ0v) is 11.6. The van der Waals surface area contributed by atoms with E-state index in [1.807, 2.05) is 0 Å². The lowest BCUT2D eigenvalue weighted by Crippen LogP contribution is -2.24. The van der Waals surface area contributed by atoms with E-state index >= 15 is 0 Å². The number of hydrogen-bond donors (Lipinski definition) is 2. The highest BCUT2D eigenvalue weighted by molar-refractivity contribution is 7.09. The lowest BCUT2D eigenvalue weighted by Gasteiger charge is -2.27. The zero-order chi connectivity index (χ0) is 13.4. The fourth-order valence-corrected chi connectivity index (χ4v) is 3.36. The van der Waals surface area contributed by atoms with Gasteiger partial charge in [0.25, 0.3) is 0 Å². The van der Waals surface area contributed by atoms with Crippen molar-refractivity contribution in [2.24, 2.45) is 0 Å². The topological polar surface area (TPSA) is 56.3 Å². The van der Waals surface area contributed by atoms with Crippen molar-refractivity contribution >= 4 is 17.0 Å². The van der Waals surface area contributed by atoms with Gasteiger partial charge in [-0.2, -0.15) is 0 Å². The van der Waals surface area contributed by atoms with Gasteiger partial charge in [0, 0.05) is 25.7 Å². The van der Waals surface area contributed by atoms with Gasteiger partial charge in [0.05, 0.1) is 4.88 Å². The molecule has 4 nitrogen and oxygen atoms in total. The van der Waals surface area contributed by atoms with Crippen molar-refractivity contribution in [1.82, 2.24) is 4.98 Å². The first-order valence-electron chi connectivity index (χ1n) is 6.37. The molecule has 0 aliphatic carbocycles. The van der Waals surface area contributed by atoms with E-state index in [-0.39, 0.29) is 10.8 Å². The van der Waals surface area contributed by atoms with Crippen LogP contribution < -0.4 is 9.77 Å². The average Bonchev–Trinajstić information content (AvgIpc) is 2.68. The maximum Gasteiger partial charge on any atom is 0.307 e. The second-order valence-electron chi connectivity index (χ2n) is 4.95. The van der Waals surface area contributed by atoms with E-state index in [4.69, 9.17) is 0 Å². The van der Waals surface area contributed by atoms with E-state index in [0.717, 1.165) is 29.9 Å². The standard InChI is InChI=1S/C14H16N2O2S/c1-16-6-2-3-10-7-9(4-5-11(10)16)8-12-13(17)15-14(18)19-12/h4-5,7,17H,2-3,6,8H2,1H3,(H,15,18). The molecule has 0 saturated heterocycles. The van der Waals surface area contributed by atoms with Gasteiger partial charge in [0.15, 0.2) is 0 Å². The van der Waals surface area contributed by atoms with Crippen LogP contribution in [-0.2, 0) is 12.8 Å². The van der Waals surface area contributed by atoms with E-state index in [2.05, 4.69) is 35.1 Å². The number of thiazole rings is 1. The minimum Gasteiger partial charge on any atom is -0.494 e. The summed E-state index contributed by atoms with van der Waals surface area (Å²) < 4.78 is 0. The van der Waals surface area contributed by atoms with Gasteiger partial charge < -0.3 is 10.0 Å². The van der Waals surface area contributed by atoms with Crippen LogP contribution in [0.15, 0.2) is 23.0 Å². The first kappa shape index (κ1) is 12.3. The van der Waals surface area contributed by atoms with E-state index in [0.29, 0.717) is 11.3 Å². The van der Waals surface area contributed by atoms with Crippen molar-refractivity contribution in [3.63, 3.8) is 0 Å². The molecular weight excluding hydrogens is 260 g/mol. The number of benzene rings is 1. The number of fused-ring (bicyclic) bond motifs is 1. The number of anilines is 1. The monoisotopic (exact) mass is 276 g/mol. The minimum absolute atomic E-state index is 0.00448. The maximum atomic E-state index is 11.2. The Bertz CT molecular complexity index is 660. The van der Waals surface area contributed by atoms with Crippen LogP contribution in [0.3, 0.4) is 0 Å². The highest BCUT2D eigenvalue weighted by atomic mass is 32.1. The molecule has 19 heavy (non-hydrogen) atoms. The van der Waals surface area contributed by atoms with Crippen molar-refractivity contribution in [3.8, 4) is 5.88 Å². The Morgan fingerprint density at radius 1 is 1.47 bits per heavy atom. The van der Waals surface area contributed by atoms with Crippen LogP contribution in [0.2, 0.25) is 0 Å². The molecule has 0 unspecified atom stereocenters. The van der Waals surface area contributed by atoms with Crippen molar-refractivity contribution < 1.29 is 5.11 Å². The van der Waals surface area contributed by atoms with Crippen LogP contribution in [0.4, 0.5) is 5.69 Å². The molecule has 1 aromatic heterocycles. The predicted octanol–water partition coefficient (Wildman–Crippen LogP) is 2.12. The number of nitrogens with zero attached hydrogens (tertiary/aromatic N) is 1. The molecule has 5 heteroatoms. The fraction of sp³-hybridized carbons (Fsp3) is 0.357. The second kappa shape index (κ2) is 4.74. The summed E-state index contributed by atoms with van der Waals surface area (Å²) in [4.78, 5) is 16.4. The SMILES string of the molecule is CN1CCCc2cc(Cc3sc(=O)[nH]c3O)ccc21. The molecule has 2 aromatic rings. The molecule has 0 fully saturated rings. The Labute approximate surface area is 115 Å². The van der Waals surface area contributed by atoms with Gasteiger partial charge in [-0.3, -0.25) is 9.78 Å². The Balaban J connectivity index is 1.90. The molecule has 2 heterocycles. The number of aromatic nitrogens is 1. The molecule has 1 aromatic carbocycles. The Morgan fingerprint density at radius 3 is 3.05 bits per heavy atom. The molecule has 0 radical (unpaired) electrons. The molecular formula is C14H16N2O2S. The molecule has 1 aliphatic rings. The first-order chi connectivity index (χ1) is 9.13. The van der Waals surface area contributed by atoms with Crippen LogP contribution in [0.1, 0.15) is 22.4 Å². The van der Waals surface area contributed by atoms with Crippen molar-refractivity contribution in [2.45, 2.75) is 19.3 Å². The van der Waals surface area contributed by atoms with Gasteiger partial charge in [-0.15, -0.1) is 0 Å². The largest absolute Gasteiger partial charge is 0.494 e. The predicted molar refractivity (Wildman–Crippen MR) is 77.4 cm³/mol. The third-order valence-electron chi connectivity index (χ3n) is 3.56. The molecule has 0 spiro atoms. The van der Waals surface area contributed by atoms with Gasteiger partial charge >= 0.3 is 4.87 Å². The number of H-pyrrole nitrogens is 1. The molecule has 1 aliphatic heterocycles. The second-order valence-corrected chi connectivity index (χ2v) is 6.02. The number of nitrogens with one attached hydrogen (secondary N) is 1. The van der Waals surface area contributed by atoms with Gasteiger partial charge in [-0.25, -0.2) is 0 Å². The summed E-state index contributed by atoms with van der Waals surface area (Å²) in [7, 11) is 2.11. The fourth-order valence-electron chi connectivity index (χ4n) is 2.61. The van der Waals surface area contributed by atoms with Crippen LogP contribution in [-0.4, -0.2) is 23.7 Å². The zero-order valence-electron chi connectivity index (χ0n) is 10.8. The van der Waals surface area contributed by atoms with Gasteiger partial charge in [0.2, 0.25) is 5.88 Å². The number of aromatic hydroxyl groups is 1. The molecule has 0 bridgehead atoms. The van der Waals surface area contributed by atoms with Crippen molar-refractivity contribution in [3.05, 3.63) is 43.9 Å². The summed E-state index contributed by atoms with van der Waals surface area (Å²) in [5.41, 5.74) is 3.79. The summed E-state index contributed by atoms with van der Waals surface area (Å²) in [5.74, 6) is 0.00448. The Hall–Kier alpha value is -1.75. The van der Waals surface area contributed by atoms with Crippen LogP contribution in [0, 0.1) is 0 Å². The number of aryl methyl sites for hydroxylation is 1. The minimum atomic E-state index is -0.204. The van der Waals surface area contributed by atoms with E-state index in [1.165, 1.54) is 17.7 Å². The smallest absolute Gasteiger partial charge is 0.307 e. The molecule has 3 rings (SSSR count). The molecule has 0 atom stereocenters. The van der Waals surface area contributed by atoms with Crippen molar-refractivity contribution in [2.75, 3.05) is 18.5 Å². The van der Waals surface area contributed by atoms with E-state index < -0.39 is 0 Å². The van der Waals surface area contributed by atoms with Gasteiger partial charge in [-0.05, 0) is 30.0 Å². The number of rotatable bonds is 2. The van der Waals surface area contributed by atoms with Crippen LogP contribution in [0.5, 0.6) is 5.88 Å². The average molecular weight is 276 g/mol. The third-order valence-corrected chi connectivity index (χ3v) is 4.43.